The number of nitrogens with one attached hydrogen (secondary N) is 1. The van der Waals surface area contributed by atoms with Crippen LogP contribution in [-0.2, 0) is 15.7 Å². The molecule has 4 nitrogen and oxygen atoms in total. The Bertz CT molecular complexity index is 722. The van der Waals surface area contributed by atoms with Crippen LogP contribution in [0.4, 0.5) is 17.6 Å². The van der Waals surface area contributed by atoms with Crippen molar-refractivity contribution in [3.8, 4) is 0 Å². The van der Waals surface area contributed by atoms with Gasteiger partial charge in [0.15, 0.2) is 0 Å². The second-order valence-corrected chi connectivity index (χ2v) is 8.42. The van der Waals surface area contributed by atoms with Crippen molar-refractivity contribution in [1.82, 2.24) is 5.32 Å². The SMILES string of the molecule is CCCCCCCCCCCCCCOC(=O)C(C)NC(=O)c1cccc(C(F)(F)F)c1F. The summed E-state index contributed by atoms with van der Waals surface area (Å²) in [5, 5.41) is 2.19. The molecule has 0 bridgehead atoms. The second-order valence-electron chi connectivity index (χ2n) is 8.42. The fourth-order valence-corrected chi connectivity index (χ4v) is 3.50. The quantitative estimate of drug-likeness (QED) is 0.156. The normalized spacial score (nSPS) is 12.4. The third-order valence-corrected chi connectivity index (χ3v) is 5.49. The highest BCUT2D eigenvalue weighted by molar-refractivity contribution is 5.97. The maximum atomic E-state index is 14.1. The summed E-state index contributed by atoms with van der Waals surface area (Å²) < 4.78 is 57.6. The average molecular weight is 476 g/mol. The zero-order valence-electron chi connectivity index (χ0n) is 19.7. The molecule has 1 aromatic carbocycles. The minimum Gasteiger partial charge on any atom is -0.464 e. The molecule has 1 atom stereocenters. The number of carbonyl (C=O) groups is 2. The summed E-state index contributed by atoms with van der Waals surface area (Å²) in [4.78, 5) is 24.1. The van der Waals surface area contributed by atoms with Gasteiger partial charge in [-0.05, 0) is 25.5 Å². The average Bonchev–Trinajstić information content (AvgIpc) is 2.75. The van der Waals surface area contributed by atoms with Crippen LogP contribution in [0.5, 0.6) is 0 Å². The number of alkyl halides is 3. The number of carbonyl (C=O) groups excluding carboxylic acids is 2. The Labute approximate surface area is 194 Å². The van der Waals surface area contributed by atoms with Crippen molar-refractivity contribution >= 4 is 11.9 Å². The lowest BCUT2D eigenvalue weighted by atomic mass is 10.1. The Kier molecular flexibility index (Phi) is 13.7. The van der Waals surface area contributed by atoms with Crippen LogP contribution in [0.15, 0.2) is 18.2 Å². The Morgan fingerprint density at radius 1 is 0.909 bits per heavy atom. The molecule has 1 unspecified atom stereocenters. The standard InChI is InChI=1S/C25H37F4NO3/c1-3-4-5-6-7-8-9-10-11-12-13-14-18-33-24(32)19(2)30-23(31)20-16-15-17-21(22(20)26)25(27,28)29/h15-17,19H,3-14,18H2,1-2H3,(H,30,31). The largest absolute Gasteiger partial charge is 0.464 e. The summed E-state index contributed by atoms with van der Waals surface area (Å²) in [6, 6.07) is 1.32. The van der Waals surface area contributed by atoms with Crippen molar-refractivity contribution in [1.29, 1.82) is 0 Å². The number of esters is 1. The molecule has 0 aliphatic heterocycles. The molecule has 0 fully saturated rings. The van der Waals surface area contributed by atoms with Gasteiger partial charge in [0.2, 0.25) is 0 Å². The predicted octanol–water partition coefficient (Wildman–Crippen LogP) is 7.21. The smallest absolute Gasteiger partial charge is 0.419 e. The number of hydrogen-bond acceptors (Lipinski definition) is 3. The van der Waals surface area contributed by atoms with Gasteiger partial charge in [-0.25, -0.2) is 9.18 Å². The topological polar surface area (TPSA) is 55.4 Å². The zero-order valence-corrected chi connectivity index (χ0v) is 19.7. The lowest BCUT2D eigenvalue weighted by Gasteiger charge is -2.15. The maximum Gasteiger partial charge on any atom is 0.419 e. The first-order valence-electron chi connectivity index (χ1n) is 12.0. The molecule has 0 heterocycles. The van der Waals surface area contributed by atoms with Crippen molar-refractivity contribution in [2.75, 3.05) is 6.61 Å². The van der Waals surface area contributed by atoms with Crippen LogP contribution < -0.4 is 5.32 Å². The second kappa shape index (κ2) is 15.7. The molecule has 0 saturated heterocycles. The summed E-state index contributed by atoms with van der Waals surface area (Å²) in [6.07, 6.45) is 9.24. The molecular formula is C25H37F4NO3. The summed E-state index contributed by atoms with van der Waals surface area (Å²) in [5.74, 6) is -3.48. The van der Waals surface area contributed by atoms with E-state index in [1.807, 2.05) is 0 Å². The van der Waals surface area contributed by atoms with E-state index in [1.165, 1.54) is 58.3 Å². The third kappa shape index (κ3) is 11.5. The first kappa shape index (κ1) is 28.9. The molecule has 0 saturated carbocycles. The Morgan fingerprint density at radius 3 is 1.94 bits per heavy atom. The minimum atomic E-state index is -4.92. The third-order valence-electron chi connectivity index (χ3n) is 5.49. The molecule has 0 aromatic heterocycles. The van der Waals surface area contributed by atoms with E-state index in [2.05, 4.69) is 12.2 Å². The van der Waals surface area contributed by atoms with E-state index < -0.39 is 41.0 Å². The molecule has 188 valence electrons. The van der Waals surface area contributed by atoms with E-state index in [9.17, 15) is 27.2 Å². The van der Waals surface area contributed by atoms with Gasteiger partial charge in [0.05, 0.1) is 17.7 Å². The molecule has 1 rings (SSSR count). The predicted molar refractivity (Wildman–Crippen MR) is 120 cm³/mol. The lowest BCUT2D eigenvalue weighted by Crippen LogP contribution is -2.40. The number of benzene rings is 1. The molecule has 0 radical (unpaired) electrons. The lowest BCUT2D eigenvalue weighted by molar-refractivity contribution is -0.145. The highest BCUT2D eigenvalue weighted by Gasteiger charge is 2.36. The number of amides is 1. The van der Waals surface area contributed by atoms with E-state index in [0.29, 0.717) is 12.5 Å². The van der Waals surface area contributed by atoms with Crippen LogP contribution in [-0.4, -0.2) is 24.5 Å². The molecule has 1 aromatic rings. The Hall–Kier alpha value is -2.12. The molecule has 0 aliphatic carbocycles. The molecule has 0 spiro atoms. The Balaban J connectivity index is 2.20. The molecule has 1 N–H and O–H groups in total. The van der Waals surface area contributed by atoms with Crippen LogP contribution in [0.2, 0.25) is 0 Å². The fraction of sp³-hybridized carbons (Fsp3) is 0.680. The molecule has 33 heavy (non-hydrogen) atoms. The number of rotatable bonds is 16. The van der Waals surface area contributed by atoms with Gasteiger partial charge in [-0.15, -0.1) is 0 Å². The summed E-state index contributed by atoms with van der Waals surface area (Å²) in [7, 11) is 0. The number of hydrogen-bond donors (Lipinski definition) is 1. The zero-order chi connectivity index (χ0) is 24.7. The van der Waals surface area contributed by atoms with Gasteiger partial charge >= 0.3 is 12.1 Å². The van der Waals surface area contributed by atoms with Crippen LogP contribution in [0.1, 0.15) is 107 Å². The van der Waals surface area contributed by atoms with Gasteiger partial charge in [-0.3, -0.25) is 4.79 Å². The number of unbranched alkanes of at least 4 members (excludes halogenated alkanes) is 11. The van der Waals surface area contributed by atoms with Gasteiger partial charge in [0.1, 0.15) is 11.9 Å². The monoisotopic (exact) mass is 475 g/mol. The fourth-order valence-electron chi connectivity index (χ4n) is 3.50. The maximum absolute atomic E-state index is 14.1. The highest BCUT2D eigenvalue weighted by Crippen LogP contribution is 2.32. The summed E-state index contributed by atoms with van der Waals surface area (Å²) >= 11 is 0. The minimum absolute atomic E-state index is 0.203. The number of ether oxygens (including phenoxy) is 1. The van der Waals surface area contributed by atoms with E-state index in [0.717, 1.165) is 31.4 Å². The Morgan fingerprint density at radius 2 is 1.42 bits per heavy atom. The van der Waals surface area contributed by atoms with E-state index >= 15 is 0 Å². The molecule has 8 heteroatoms. The van der Waals surface area contributed by atoms with Crippen molar-refractivity contribution in [3.05, 3.63) is 35.1 Å². The van der Waals surface area contributed by atoms with Crippen molar-refractivity contribution in [2.24, 2.45) is 0 Å². The van der Waals surface area contributed by atoms with E-state index in [-0.39, 0.29) is 6.61 Å². The highest BCUT2D eigenvalue weighted by atomic mass is 19.4. The van der Waals surface area contributed by atoms with E-state index in [4.69, 9.17) is 4.74 Å². The molecule has 0 aliphatic rings. The van der Waals surface area contributed by atoms with Gasteiger partial charge < -0.3 is 10.1 Å². The van der Waals surface area contributed by atoms with Crippen LogP contribution in [0.3, 0.4) is 0 Å². The van der Waals surface area contributed by atoms with Gasteiger partial charge in [-0.1, -0.05) is 83.6 Å². The van der Waals surface area contributed by atoms with Crippen molar-refractivity contribution in [2.45, 2.75) is 103 Å². The van der Waals surface area contributed by atoms with Gasteiger partial charge in [0.25, 0.3) is 5.91 Å². The summed E-state index contributed by atoms with van der Waals surface area (Å²) in [6.45, 7) is 3.76. The van der Waals surface area contributed by atoms with Gasteiger partial charge in [0, 0.05) is 0 Å². The first-order chi connectivity index (χ1) is 15.7. The van der Waals surface area contributed by atoms with Crippen molar-refractivity contribution < 1.29 is 31.9 Å². The van der Waals surface area contributed by atoms with Gasteiger partial charge in [-0.2, -0.15) is 13.2 Å². The van der Waals surface area contributed by atoms with Crippen molar-refractivity contribution in [3.63, 3.8) is 0 Å². The van der Waals surface area contributed by atoms with E-state index in [1.54, 1.807) is 0 Å². The number of halogens is 4. The first-order valence-corrected chi connectivity index (χ1v) is 12.0. The van der Waals surface area contributed by atoms with Crippen LogP contribution in [0.25, 0.3) is 0 Å². The van der Waals surface area contributed by atoms with Crippen LogP contribution in [0, 0.1) is 5.82 Å². The summed E-state index contributed by atoms with van der Waals surface area (Å²) in [5.41, 5.74) is -2.30. The molecule has 1 amide bonds. The van der Waals surface area contributed by atoms with Crippen LogP contribution >= 0.6 is 0 Å². The molecular weight excluding hydrogens is 438 g/mol.